The first-order valence-corrected chi connectivity index (χ1v) is 19.9. The van der Waals surface area contributed by atoms with Gasteiger partial charge in [0.1, 0.15) is 28.7 Å². The summed E-state index contributed by atoms with van der Waals surface area (Å²) in [5.41, 5.74) is 6.17. The normalized spacial score (nSPS) is 15.7. The Kier molecular flexibility index (Phi) is 13.1. The Morgan fingerprint density at radius 1 is 0.554 bits per heavy atom. The minimum atomic E-state index is -0.375. The predicted molar refractivity (Wildman–Crippen MR) is 231 cm³/mol. The van der Waals surface area contributed by atoms with Crippen molar-refractivity contribution in [3.05, 3.63) is 111 Å². The van der Waals surface area contributed by atoms with Crippen molar-refractivity contribution in [3.8, 4) is 28.7 Å². The quantitative estimate of drug-likeness (QED) is 0.210. The minimum absolute atomic E-state index is 0.0592. The van der Waals surface area contributed by atoms with E-state index in [0.29, 0.717) is 28.7 Å². The monoisotopic (exact) mass is 765 g/mol. The van der Waals surface area contributed by atoms with Crippen molar-refractivity contribution < 1.29 is 28.8 Å². The van der Waals surface area contributed by atoms with Crippen LogP contribution in [0, 0.1) is 10.8 Å². The van der Waals surface area contributed by atoms with Crippen LogP contribution in [0.3, 0.4) is 0 Å². The molecular formula is C50H68O6. The molecule has 1 N–H and O–H groups in total. The molecular weight excluding hydrogens is 697 g/mol. The van der Waals surface area contributed by atoms with Crippen molar-refractivity contribution in [1.29, 1.82) is 0 Å². The SMILES string of the molecule is CCC(c1cc(C(C)(C)C)c(O)c(C(C)(C)C)c1)C(c1cc(OC)cc(OC)c1)C(C=C1C=C(C(C)(C)C)C(=O)C(C(C)(C)C)=C1)c1cc(OC)cc(OC)c1. The third-order valence-corrected chi connectivity index (χ3v) is 11.1. The van der Waals surface area contributed by atoms with Crippen molar-refractivity contribution in [3.63, 3.8) is 0 Å². The number of hydrogen-bond donors (Lipinski definition) is 1. The molecule has 6 nitrogen and oxygen atoms in total. The van der Waals surface area contributed by atoms with Gasteiger partial charge in [-0.05, 0) is 104 Å². The summed E-state index contributed by atoms with van der Waals surface area (Å²) >= 11 is 0. The summed E-state index contributed by atoms with van der Waals surface area (Å²) in [7, 11) is 6.71. The highest BCUT2D eigenvalue weighted by Crippen LogP contribution is 2.52. The summed E-state index contributed by atoms with van der Waals surface area (Å²) in [6.45, 7) is 27.8. The van der Waals surface area contributed by atoms with E-state index < -0.39 is 0 Å². The molecule has 3 unspecified atom stereocenters. The minimum Gasteiger partial charge on any atom is -0.507 e. The van der Waals surface area contributed by atoms with E-state index in [1.54, 1.807) is 28.4 Å². The smallest absolute Gasteiger partial charge is 0.186 e. The van der Waals surface area contributed by atoms with Crippen molar-refractivity contribution >= 4 is 5.78 Å². The van der Waals surface area contributed by atoms with Gasteiger partial charge < -0.3 is 24.1 Å². The van der Waals surface area contributed by atoms with E-state index in [2.05, 4.69) is 145 Å². The number of hydrogen-bond acceptors (Lipinski definition) is 6. The molecule has 3 aromatic carbocycles. The fraction of sp³-hybridized carbons (Fsp3) is 0.500. The van der Waals surface area contributed by atoms with Crippen molar-refractivity contribution in [2.24, 2.45) is 10.8 Å². The number of aromatic hydroxyl groups is 1. The van der Waals surface area contributed by atoms with Crippen molar-refractivity contribution in [1.82, 2.24) is 0 Å². The zero-order valence-corrected chi connectivity index (χ0v) is 37.3. The Labute approximate surface area is 338 Å². The Morgan fingerprint density at radius 3 is 1.25 bits per heavy atom. The van der Waals surface area contributed by atoms with Gasteiger partial charge in [-0.1, -0.05) is 108 Å². The maximum atomic E-state index is 14.1. The van der Waals surface area contributed by atoms with Crippen LogP contribution in [0.4, 0.5) is 0 Å². The number of Topliss-reactive ketones (excluding diaryl/α,β-unsaturated/α-hetero) is 1. The van der Waals surface area contributed by atoms with Crippen molar-refractivity contribution in [2.45, 2.75) is 125 Å². The van der Waals surface area contributed by atoms with Gasteiger partial charge in [0.15, 0.2) is 5.78 Å². The number of rotatable bonds is 11. The van der Waals surface area contributed by atoms with E-state index in [1.807, 2.05) is 12.1 Å². The first-order chi connectivity index (χ1) is 25.9. The molecule has 0 spiro atoms. The summed E-state index contributed by atoms with van der Waals surface area (Å²) < 4.78 is 23.6. The third kappa shape index (κ3) is 9.73. The Hall–Kier alpha value is -4.45. The Morgan fingerprint density at radius 2 is 0.929 bits per heavy atom. The molecule has 0 bridgehead atoms. The topological polar surface area (TPSA) is 74.2 Å². The van der Waals surface area contributed by atoms with Gasteiger partial charge in [-0.2, -0.15) is 0 Å². The number of carbonyl (C=O) groups is 1. The van der Waals surface area contributed by atoms with E-state index >= 15 is 0 Å². The van der Waals surface area contributed by atoms with Crippen LogP contribution in [0.25, 0.3) is 0 Å². The second-order valence-electron chi connectivity index (χ2n) is 19.4. The number of phenols is 1. The second kappa shape index (κ2) is 16.6. The zero-order chi connectivity index (χ0) is 42.1. The molecule has 0 saturated carbocycles. The fourth-order valence-corrected chi connectivity index (χ4v) is 7.92. The van der Waals surface area contributed by atoms with Gasteiger partial charge in [-0.25, -0.2) is 0 Å². The Bertz CT molecular complexity index is 1880. The lowest BCUT2D eigenvalue weighted by atomic mass is 9.67. The molecule has 3 atom stereocenters. The number of benzene rings is 3. The molecule has 0 amide bonds. The first kappa shape index (κ1) is 44.3. The average Bonchev–Trinajstić information content (AvgIpc) is 3.11. The van der Waals surface area contributed by atoms with Gasteiger partial charge >= 0.3 is 0 Å². The van der Waals surface area contributed by atoms with Gasteiger partial charge in [-0.15, -0.1) is 0 Å². The number of methoxy groups -OCH3 is 4. The second-order valence-corrected chi connectivity index (χ2v) is 19.4. The standard InChI is InChI=1S/C50H68O6/c1-18-38(32-26-42(49(8,9)10)46(52)43(27-32)50(11,12)13)44(33-24-36(55-16)29-37(25-33)56-17)39(31-22-34(53-14)28-35(23-31)54-15)19-30-20-40(47(2,3)4)45(51)41(21-30)48(5,6)7/h19-29,38-39,44,52H,18H2,1-17H3. The maximum absolute atomic E-state index is 14.1. The molecule has 0 radical (unpaired) electrons. The number of allylic oxidation sites excluding steroid dienone is 6. The first-order valence-electron chi connectivity index (χ1n) is 19.9. The molecule has 56 heavy (non-hydrogen) atoms. The van der Waals surface area contributed by atoms with Gasteiger partial charge in [0, 0.05) is 35.1 Å². The molecule has 4 rings (SSSR count). The van der Waals surface area contributed by atoms with E-state index in [4.69, 9.17) is 18.9 Å². The maximum Gasteiger partial charge on any atom is 0.186 e. The number of ketones is 1. The molecule has 0 aliphatic heterocycles. The van der Waals surface area contributed by atoms with Crippen LogP contribution >= 0.6 is 0 Å². The van der Waals surface area contributed by atoms with Crippen molar-refractivity contribution in [2.75, 3.05) is 28.4 Å². The third-order valence-electron chi connectivity index (χ3n) is 11.1. The van der Waals surface area contributed by atoms with Crippen LogP contribution in [-0.2, 0) is 15.6 Å². The lowest BCUT2D eigenvalue weighted by Gasteiger charge is -2.37. The molecule has 6 heteroatoms. The number of ether oxygens (including phenoxy) is 4. The molecule has 0 aromatic heterocycles. The largest absolute Gasteiger partial charge is 0.507 e. The number of phenolic OH excluding ortho intramolecular Hbond substituents is 1. The number of carbonyl (C=O) groups excluding carboxylic acids is 1. The fourth-order valence-electron chi connectivity index (χ4n) is 7.92. The molecule has 1 aliphatic rings. The van der Waals surface area contributed by atoms with Crippen LogP contribution < -0.4 is 18.9 Å². The van der Waals surface area contributed by atoms with Crippen LogP contribution in [0.2, 0.25) is 0 Å². The lowest BCUT2D eigenvalue weighted by Crippen LogP contribution is -2.28. The highest BCUT2D eigenvalue weighted by Gasteiger charge is 2.38. The summed E-state index contributed by atoms with van der Waals surface area (Å²) in [4.78, 5) is 14.1. The highest BCUT2D eigenvalue weighted by atomic mass is 16.5. The van der Waals surface area contributed by atoms with Crippen LogP contribution in [0.15, 0.2) is 83.5 Å². The van der Waals surface area contributed by atoms with Gasteiger partial charge in [0.2, 0.25) is 0 Å². The molecule has 3 aromatic rings. The summed E-state index contributed by atoms with van der Waals surface area (Å²) in [5.74, 6) is 2.67. The van der Waals surface area contributed by atoms with E-state index in [-0.39, 0.29) is 45.2 Å². The average molecular weight is 765 g/mol. The summed E-state index contributed by atoms with van der Waals surface area (Å²) in [6, 6.07) is 16.7. The van der Waals surface area contributed by atoms with E-state index in [0.717, 1.165) is 51.0 Å². The molecule has 304 valence electrons. The van der Waals surface area contributed by atoms with Gasteiger partial charge in [-0.3, -0.25) is 4.79 Å². The predicted octanol–water partition coefficient (Wildman–Crippen LogP) is 12.5. The van der Waals surface area contributed by atoms with Gasteiger partial charge in [0.25, 0.3) is 0 Å². The summed E-state index contributed by atoms with van der Waals surface area (Å²) in [5, 5.41) is 11.8. The molecule has 0 fully saturated rings. The van der Waals surface area contributed by atoms with Crippen LogP contribution in [0.1, 0.15) is 142 Å². The molecule has 0 heterocycles. The van der Waals surface area contributed by atoms with Crippen LogP contribution in [-0.4, -0.2) is 39.3 Å². The van der Waals surface area contributed by atoms with E-state index in [9.17, 15) is 9.90 Å². The zero-order valence-electron chi connectivity index (χ0n) is 37.3. The van der Waals surface area contributed by atoms with E-state index in [1.165, 1.54) is 0 Å². The Balaban J connectivity index is 2.26. The lowest BCUT2D eigenvalue weighted by molar-refractivity contribution is -0.114. The molecule has 1 aliphatic carbocycles. The summed E-state index contributed by atoms with van der Waals surface area (Å²) in [6.07, 6.45) is 7.28. The highest BCUT2D eigenvalue weighted by molar-refractivity contribution is 6.11. The molecule has 0 saturated heterocycles. The van der Waals surface area contributed by atoms with Crippen LogP contribution in [0.5, 0.6) is 28.7 Å². The van der Waals surface area contributed by atoms with Gasteiger partial charge in [0.05, 0.1) is 28.4 Å².